The summed E-state index contributed by atoms with van der Waals surface area (Å²) in [5.41, 5.74) is 1.14. The van der Waals surface area contributed by atoms with E-state index in [1.165, 1.54) is 6.20 Å². The second-order valence-corrected chi connectivity index (χ2v) is 3.49. The van der Waals surface area contributed by atoms with E-state index < -0.39 is 17.9 Å². The first kappa shape index (κ1) is 12.2. The minimum Gasteiger partial charge on any atom is -0.480 e. The van der Waals surface area contributed by atoms with Crippen LogP contribution in [0.25, 0.3) is 0 Å². The first-order valence-corrected chi connectivity index (χ1v) is 5.01. The molecule has 2 N–H and O–H groups in total. The van der Waals surface area contributed by atoms with Crippen molar-refractivity contribution in [3.05, 3.63) is 29.6 Å². The standard InChI is InChI=1S/C11H14N2O3/c1-3-8(11(15)16)13-10(14)9-6-7(2)4-5-12-9/h4-6,8H,3H2,1-2H3,(H,13,14)(H,15,16). The normalized spacial score (nSPS) is 11.9. The molecule has 5 nitrogen and oxygen atoms in total. The number of nitrogens with zero attached hydrogens (tertiary/aromatic N) is 1. The molecule has 1 unspecified atom stereocenters. The van der Waals surface area contributed by atoms with Crippen LogP contribution in [0, 0.1) is 6.92 Å². The first-order valence-electron chi connectivity index (χ1n) is 5.01. The number of carbonyl (C=O) groups is 2. The van der Waals surface area contributed by atoms with Gasteiger partial charge in [-0.25, -0.2) is 4.79 Å². The Morgan fingerprint density at radius 1 is 1.56 bits per heavy atom. The molecule has 0 spiro atoms. The largest absolute Gasteiger partial charge is 0.480 e. The highest BCUT2D eigenvalue weighted by atomic mass is 16.4. The minimum atomic E-state index is -1.04. The van der Waals surface area contributed by atoms with Crippen LogP contribution in [-0.4, -0.2) is 28.0 Å². The lowest BCUT2D eigenvalue weighted by Crippen LogP contribution is -2.40. The van der Waals surface area contributed by atoms with Gasteiger partial charge in [-0.1, -0.05) is 6.92 Å². The summed E-state index contributed by atoms with van der Waals surface area (Å²) in [7, 11) is 0. The van der Waals surface area contributed by atoms with Gasteiger partial charge in [-0.05, 0) is 31.0 Å². The van der Waals surface area contributed by atoms with Crippen molar-refractivity contribution in [2.75, 3.05) is 0 Å². The summed E-state index contributed by atoms with van der Waals surface area (Å²) in [6.45, 7) is 3.54. The van der Waals surface area contributed by atoms with Crippen molar-refractivity contribution in [2.45, 2.75) is 26.3 Å². The van der Waals surface area contributed by atoms with Gasteiger partial charge in [0.1, 0.15) is 11.7 Å². The fourth-order valence-corrected chi connectivity index (χ4v) is 1.23. The zero-order valence-corrected chi connectivity index (χ0v) is 9.23. The van der Waals surface area contributed by atoms with Crippen LogP contribution in [0.4, 0.5) is 0 Å². The van der Waals surface area contributed by atoms with E-state index in [9.17, 15) is 9.59 Å². The molecule has 0 aliphatic rings. The Hall–Kier alpha value is -1.91. The number of aromatic nitrogens is 1. The third-order valence-corrected chi connectivity index (χ3v) is 2.16. The molecular formula is C11H14N2O3. The van der Waals surface area contributed by atoms with Crippen LogP contribution >= 0.6 is 0 Å². The Balaban J connectivity index is 2.75. The summed E-state index contributed by atoms with van der Waals surface area (Å²) in [6.07, 6.45) is 1.86. The molecule has 0 aliphatic heterocycles. The van der Waals surface area contributed by atoms with E-state index in [4.69, 9.17) is 5.11 Å². The van der Waals surface area contributed by atoms with Gasteiger partial charge < -0.3 is 10.4 Å². The Kier molecular flexibility index (Phi) is 3.99. The van der Waals surface area contributed by atoms with Gasteiger partial charge in [0.25, 0.3) is 5.91 Å². The van der Waals surface area contributed by atoms with E-state index in [0.29, 0.717) is 6.42 Å². The summed E-state index contributed by atoms with van der Waals surface area (Å²) >= 11 is 0. The predicted octanol–water partition coefficient (Wildman–Crippen LogP) is 0.983. The highest BCUT2D eigenvalue weighted by molar-refractivity contribution is 5.95. The van der Waals surface area contributed by atoms with Crippen molar-refractivity contribution >= 4 is 11.9 Å². The molecular weight excluding hydrogens is 208 g/mol. The maximum atomic E-state index is 11.6. The van der Waals surface area contributed by atoms with E-state index in [0.717, 1.165) is 5.56 Å². The summed E-state index contributed by atoms with van der Waals surface area (Å²) in [4.78, 5) is 26.2. The molecule has 0 aliphatic carbocycles. The van der Waals surface area contributed by atoms with Crippen molar-refractivity contribution in [3.8, 4) is 0 Å². The number of carbonyl (C=O) groups excluding carboxylic acids is 1. The highest BCUT2D eigenvalue weighted by Gasteiger charge is 2.18. The quantitative estimate of drug-likeness (QED) is 0.796. The van der Waals surface area contributed by atoms with E-state index in [-0.39, 0.29) is 5.69 Å². The number of rotatable bonds is 4. The summed E-state index contributed by atoms with van der Waals surface area (Å²) in [5, 5.41) is 11.2. The fourth-order valence-electron chi connectivity index (χ4n) is 1.23. The molecule has 16 heavy (non-hydrogen) atoms. The molecule has 0 bridgehead atoms. The second-order valence-electron chi connectivity index (χ2n) is 3.49. The molecule has 1 amide bonds. The van der Waals surface area contributed by atoms with Gasteiger partial charge in [0.2, 0.25) is 0 Å². The number of hydrogen-bond donors (Lipinski definition) is 2. The number of hydrogen-bond acceptors (Lipinski definition) is 3. The number of amides is 1. The molecule has 5 heteroatoms. The van der Waals surface area contributed by atoms with Crippen molar-refractivity contribution < 1.29 is 14.7 Å². The van der Waals surface area contributed by atoms with Crippen LogP contribution in [0.2, 0.25) is 0 Å². The van der Waals surface area contributed by atoms with Gasteiger partial charge in [-0.2, -0.15) is 0 Å². The zero-order valence-electron chi connectivity index (χ0n) is 9.23. The van der Waals surface area contributed by atoms with Crippen LogP contribution < -0.4 is 5.32 Å². The molecule has 1 rings (SSSR count). The van der Waals surface area contributed by atoms with Crippen molar-refractivity contribution in [2.24, 2.45) is 0 Å². The molecule has 0 radical (unpaired) electrons. The summed E-state index contributed by atoms with van der Waals surface area (Å²) < 4.78 is 0. The predicted molar refractivity (Wildman–Crippen MR) is 58.2 cm³/mol. The highest BCUT2D eigenvalue weighted by Crippen LogP contribution is 2.01. The van der Waals surface area contributed by atoms with Gasteiger partial charge in [-0.15, -0.1) is 0 Å². The minimum absolute atomic E-state index is 0.236. The van der Waals surface area contributed by atoms with Crippen LogP contribution in [0.5, 0.6) is 0 Å². The summed E-state index contributed by atoms with van der Waals surface area (Å²) in [5.74, 6) is -1.50. The van der Waals surface area contributed by atoms with E-state index in [2.05, 4.69) is 10.3 Å². The fraction of sp³-hybridized carbons (Fsp3) is 0.364. The molecule has 1 aromatic rings. The molecule has 1 heterocycles. The third kappa shape index (κ3) is 3.05. The third-order valence-electron chi connectivity index (χ3n) is 2.16. The van der Waals surface area contributed by atoms with Crippen molar-refractivity contribution in [1.29, 1.82) is 0 Å². The van der Waals surface area contributed by atoms with Gasteiger partial charge in [0.05, 0.1) is 0 Å². The van der Waals surface area contributed by atoms with Gasteiger partial charge in [-0.3, -0.25) is 9.78 Å². The van der Waals surface area contributed by atoms with E-state index >= 15 is 0 Å². The number of nitrogens with one attached hydrogen (secondary N) is 1. The van der Waals surface area contributed by atoms with Gasteiger partial charge in [0, 0.05) is 6.20 Å². The lowest BCUT2D eigenvalue weighted by Gasteiger charge is -2.11. The second kappa shape index (κ2) is 5.25. The molecule has 0 saturated carbocycles. The van der Waals surface area contributed by atoms with Gasteiger partial charge in [0.15, 0.2) is 0 Å². The van der Waals surface area contributed by atoms with Gasteiger partial charge >= 0.3 is 5.97 Å². The van der Waals surface area contributed by atoms with E-state index in [1.807, 2.05) is 6.92 Å². The maximum Gasteiger partial charge on any atom is 0.326 e. The topological polar surface area (TPSA) is 79.3 Å². The lowest BCUT2D eigenvalue weighted by molar-refractivity contribution is -0.139. The zero-order chi connectivity index (χ0) is 12.1. The van der Waals surface area contributed by atoms with E-state index in [1.54, 1.807) is 19.1 Å². The van der Waals surface area contributed by atoms with Crippen LogP contribution in [0.15, 0.2) is 18.3 Å². The average molecular weight is 222 g/mol. The maximum absolute atomic E-state index is 11.6. The van der Waals surface area contributed by atoms with Crippen LogP contribution in [-0.2, 0) is 4.79 Å². The Labute approximate surface area is 93.5 Å². The van der Waals surface area contributed by atoms with Crippen LogP contribution in [0.3, 0.4) is 0 Å². The molecule has 1 atom stereocenters. The number of aliphatic carboxylic acids is 1. The summed E-state index contributed by atoms with van der Waals surface area (Å²) in [6, 6.07) is 2.52. The number of carboxylic acids is 1. The Morgan fingerprint density at radius 3 is 2.75 bits per heavy atom. The number of pyridine rings is 1. The first-order chi connectivity index (χ1) is 7.54. The molecule has 0 fully saturated rings. The number of carboxylic acid groups (broad SMARTS) is 1. The Morgan fingerprint density at radius 2 is 2.25 bits per heavy atom. The average Bonchev–Trinajstić information content (AvgIpc) is 2.25. The monoisotopic (exact) mass is 222 g/mol. The molecule has 1 aromatic heterocycles. The lowest BCUT2D eigenvalue weighted by atomic mass is 10.2. The van der Waals surface area contributed by atoms with Crippen LogP contribution in [0.1, 0.15) is 29.4 Å². The van der Waals surface area contributed by atoms with Crippen molar-refractivity contribution in [3.63, 3.8) is 0 Å². The molecule has 0 saturated heterocycles. The number of aryl methyl sites for hydroxylation is 1. The molecule has 0 aromatic carbocycles. The SMILES string of the molecule is CCC(NC(=O)c1cc(C)ccn1)C(=O)O. The Bertz CT molecular complexity index is 404. The smallest absolute Gasteiger partial charge is 0.326 e. The van der Waals surface area contributed by atoms with Crippen molar-refractivity contribution in [1.82, 2.24) is 10.3 Å². The molecule has 86 valence electrons.